The van der Waals surface area contributed by atoms with Crippen molar-refractivity contribution in [1.82, 2.24) is 4.98 Å². The molecule has 0 atom stereocenters. The number of aromatic nitrogens is 1. The summed E-state index contributed by atoms with van der Waals surface area (Å²) in [4.78, 5) is 3.93. The molecule has 0 spiro atoms. The molecule has 3 nitrogen and oxygen atoms in total. The predicted molar refractivity (Wildman–Crippen MR) is 72.4 cm³/mol. The maximum absolute atomic E-state index is 12.8. The van der Waals surface area contributed by atoms with Gasteiger partial charge >= 0.3 is 6.18 Å². The van der Waals surface area contributed by atoms with Crippen LogP contribution in [0.3, 0.4) is 0 Å². The first-order chi connectivity index (χ1) is 9.36. The number of halogens is 4. The van der Waals surface area contributed by atoms with Crippen molar-refractivity contribution in [2.75, 3.05) is 11.1 Å². The highest BCUT2D eigenvalue weighted by atomic mass is 35.5. The van der Waals surface area contributed by atoms with Crippen LogP contribution in [0.4, 0.5) is 24.7 Å². The lowest BCUT2D eigenvalue weighted by molar-refractivity contribution is -0.138. The highest BCUT2D eigenvalue weighted by Gasteiger charge is 2.32. The maximum atomic E-state index is 12.8. The second-order valence-electron chi connectivity index (χ2n) is 4.12. The van der Waals surface area contributed by atoms with Crippen LogP contribution in [0, 0.1) is 0 Å². The number of benzene rings is 1. The molecule has 0 saturated carbocycles. The second-order valence-corrected chi connectivity index (χ2v) is 4.50. The van der Waals surface area contributed by atoms with Crippen LogP contribution < -0.4 is 11.1 Å². The van der Waals surface area contributed by atoms with Crippen LogP contribution in [-0.2, 0) is 12.7 Å². The van der Waals surface area contributed by atoms with Crippen molar-refractivity contribution in [3.63, 3.8) is 0 Å². The summed E-state index contributed by atoms with van der Waals surface area (Å²) in [6.45, 7) is -0.0253. The van der Waals surface area contributed by atoms with Gasteiger partial charge in [0.05, 0.1) is 5.56 Å². The smallest absolute Gasteiger partial charge is 0.399 e. The molecule has 20 heavy (non-hydrogen) atoms. The van der Waals surface area contributed by atoms with Gasteiger partial charge in [0.25, 0.3) is 0 Å². The minimum absolute atomic E-state index is 0.0253. The summed E-state index contributed by atoms with van der Waals surface area (Å²) < 4.78 is 38.5. The number of rotatable bonds is 3. The minimum Gasteiger partial charge on any atom is -0.399 e. The van der Waals surface area contributed by atoms with Crippen LogP contribution in [0.5, 0.6) is 0 Å². The molecule has 0 fully saturated rings. The average molecular weight is 302 g/mol. The van der Waals surface area contributed by atoms with Gasteiger partial charge in [0.15, 0.2) is 0 Å². The molecule has 7 heteroatoms. The number of nitrogens with two attached hydrogens (primary N) is 1. The quantitative estimate of drug-likeness (QED) is 0.844. The highest BCUT2D eigenvalue weighted by molar-refractivity contribution is 6.29. The first kappa shape index (κ1) is 14.5. The Hall–Kier alpha value is -1.95. The summed E-state index contributed by atoms with van der Waals surface area (Å²) in [6.07, 6.45) is -4.39. The number of pyridine rings is 1. The van der Waals surface area contributed by atoms with E-state index in [2.05, 4.69) is 10.3 Å². The molecule has 2 aromatic rings. The van der Waals surface area contributed by atoms with Crippen LogP contribution in [0.2, 0.25) is 5.15 Å². The van der Waals surface area contributed by atoms with Crippen molar-refractivity contribution >= 4 is 23.1 Å². The number of alkyl halides is 3. The van der Waals surface area contributed by atoms with E-state index in [1.807, 2.05) is 0 Å². The molecular formula is C13H11ClF3N3. The Balaban J connectivity index is 2.19. The third-order valence-electron chi connectivity index (χ3n) is 2.60. The third kappa shape index (κ3) is 3.54. The SMILES string of the molecule is Nc1cc(Cl)nc(NCc2ccccc2C(F)(F)F)c1. The van der Waals surface area contributed by atoms with Gasteiger partial charge in [0.1, 0.15) is 11.0 Å². The molecule has 0 amide bonds. The molecule has 106 valence electrons. The average Bonchev–Trinajstić information content (AvgIpc) is 2.34. The minimum atomic E-state index is -4.39. The Kier molecular flexibility index (Phi) is 4.04. The summed E-state index contributed by atoms with van der Waals surface area (Å²) in [5.74, 6) is 0.326. The molecule has 2 rings (SSSR count). The zero-order valence-electron chi connectivity index (χ0n) is 10.2. The standard InChI is InChI=1S/C13H11ClF3N3/c14-11-5-9(18)6-12(20-11)19-7-8-3-1-2-4-10(8)13(15,16)17/h1-6H,7H2,(H3,18,19,20). The molecule has 0 saturated heterocycles. The zero-order chi connectivity index (χ0) is 14.8. The summed E-state index contributed by atoms with van der Waals surface area (Å²) in [6, 6.07) is 8.30. The van der Waals surface area contributed by atoms with Gasteiger partial charge in [-0.3, -0.25) is 0 Å². The normalized spacial score (nSPS) is 11.4. The van der Waals surface area contributed by atoms with Crippen LogP contribution in [0.25, 0.3) is 0 Å². The van der Waals surface area contributed by atoms with Crippen LogP contribution in [0.1, 0.15) is 11.1 Å². The molecule has 3 N–H and O–H groups in total. The van der Waals surface area contributed by atoms with Crippen molar-refractivity contribution in [2.24, 2.45) is 0 Å². The highest BCUT2D eigenvalue weighted by Crippen LogP contribution is 2.32. The molecule has 0 unspecified atom stereocenters. The molecule has 0 radical (unpaired) electrons. The Morgan fingerprint density at radius 2 is 1.90 bits per heavy atom. The fraction of sp³-hybridized carbons (Fsp3) is 0.154. The van der Waals surface area contributed by atoms with E-state index in [0.717, 1.165) is 6.07 Å². The number of nitrogen functional groups attached to an aromatic ring is 1. The fourth-order valence-corrected chi connectivity index (χ4v) is 1.96. The van der Waals surface area contributed by atoms with Gasteiger partial charge in [0, 0.05) is 18.3 Å². The summed E-state index contributed by atoms with van der Waals surface area (Å²) in [5, 5.41) is 2.96. The second kappa shape index (κ2) is 5.58. The van der Waals surface area contributed by atoms with Crippen LogP contribution in [0.15, 0.2) is 36.4 Å². The number of nitrogens with one attached hydrogen (secondary N) is 1. The van der Waals surface area contributed by atoms with E-state index in [1.54, 1.807) is 6.07 Å². The summed E-state index contributed by atoms with van der Waals surface area (Å²) in [5.41, 5.74) is 5.42. The lowest BCUT2D eigenvalue weighted by atomic mass is 10.1. The van der Waals surface area contributed by atoms with E-state index in [0.29, 0.717) is 11.5 Å². The molecule has 0 aliphatic heterocycles. The van der Waals surface area contributed by atoms with Gasteiger partial charge in [0.2, 0.25) is 0 Å². The molecule has 1 heterocycles. The number of anilines is 2. The van der Waals surface area contributed by atoms with E-state index in [4.69, 9.17) is 17.3 Å². The molecular weight excluding hydrogens is 291 g/mol. The Morgan fingerprint density at radius 3 is 2.55 bits per heavy atom. The Bertz CT molecular complexity index is 594. The summed E-state index contributed by atoms with van der Waals surface area (Å²) >= 11 is 5.72. The fourth-order valence-electron chi connectivity index (χ4n) is 1.74. The van der Waals surface area contributed by atoms with Gasteiger partial charge in [-0.2, -0.15) is 13.2 Å². The van der Waals surface area contributed by atoms with Gasteiger partial charge < -0.3 is 11.1 Å². The van der Waals surface area contributed by atoms with Crippen molar-refractivity contribution in [3.05, 3.63) is 52.7 Å². The first-order valence-electron chi connectivity index (χ1n) is 5.68. The van der Waals surface area contributed by atoms with Gasteiger partial charge in [-0.15, -0.1) is 0 Å². The molecule has 0 bridgehead atoms. The van der Waals surface area contributed by atoms with Gasteiger partial charge in [-0.05, 0) is 17.7 Å². The lowest BCUT2D eigenvalue weighted by Gasteiger charge is -2.13. The molecule has 1 aromatic heterocycles. The van der Waals surface area contributed by atoms with Crippen LogP contribution >= 0.6 is 11.6 Å². The molecule has 0 aliphatic carbocycles. The predicted octanol–water partition coefficient (Wildman–Crippen LogP) is 3.95. The largest absolute Gasteiger partial charge is 0.416 e. The monoisotopic (exact) mass is 301 g/mol. The Morgan fingerprint density at radius 1 is 1.20 bits per heavy atom. The number of hydrogen-bond acceptors (Lipinski definition) is 3. The lowest BCUT2D eigenvalue weighted by Crippen LogP contribution is -2.12. The van der Waals surface area contributed by atoms with Crippen molar-refractivity contribution in [3.8, 4) is 0 Å². The number of hydrogen-bond donors (Lipinski definition) is 2. The Labute approximate surface area is 118 Å². The van der Waals surface area contributed by atoms with E-state index in [9.17, 15) is 13.2 Å². The van der Waals surface area contributed by atoms with Crippen LogP contribution in [-0.4, -0.2) is 4.98 Å². The van der Waals surface area contributed by atoms with E-state index in [1.165, 1.54) is 24.3 Å². The van der Waals surface area contributed by atoms with Gasteiger partial charge in [-0.1, -0.05) is 29.8 Å². The van der Waals surface area contributed by atoms with E-state index in [-0.39, 0.29) is 17.3 Å². The third-order valence-corrected chi connectivity index (χ3v) is 2.79. The van der Waals surface area contributed by atoms with Crippen molar-refractivity contribution < 1.29 is 13.2 Å². The van der Waals surface area contributed by atoms with Crippen molar-refractivity contribution in [1.29, 1.82) is 0 Å². The summed E-state index contributed by atoms with van der Waals surface area (Å²) in [7, 11) is 0. The number of nitrogens with zero attached hydrogens (tertiary/aromatic N) is 1. The van der Waals surface area contributed by atoms with Gasteiger partial charge in [-0.25, -0.2) is 4.98 Å². The van der Waals surface area contributed by atoms with E-state index >= 15 is 0 Å². The van der Waals surface area contributed by atoms with E-state index < -0.39 is 11.7 Å². The first-order valence-corrected chi connectivity index (χ1v) is 6.06. The zero-order valence-corrected chi connectivity index (χ0v) is 11.0. The maximum Gasteiger partial charge on any atom is 0.416 e. The molecule has 0 aliphatic rings. The topological polar surface area (TPSA) is 50.9 Å². The molecule has 1 aromatic carbocycles. The van der Waals surface area contributed by atoms with Crippen molar-refractivity contribution in [2.45, 2.75) is 12.7 Å².